The molecule has 2 rings (SSSR count). The average molecular weight is 279 g/mol. The molecule has 0 aromatic carbocycles. The molecule has 2 aromatic rings. The lowest BCUT2D eigenvalue weighted by Gasteiger charge is -2.00. The van der Waals surface area contributed by atoms with Gasteiger partial charge in [0.2, 0.25) is 5.91 Å². The van der Waals surface area contributed by atoms with Crippen LogP contribution in [0.2, 0.25) is 0 Å². The van der Waals surface area contributed by atoms with Gasteiger partial charge in [-0.1, -0.05) is 11.3 Å². The van der Waals surface area contributed by atoms with Crippen LogP contribution in [0.15, 0.2) is 24.9 Å². The first kappa shape index (κ1) is 12.9. The van der Waals surface area contributed by atoms with E-state index in [0.717, 1.165) is 6.08 Å². The van der Waals surface area contributed by atoms with Gasteiger partial charge in [-0.2, -0.15) is 5.10 Å². The zero-order chi connectivity index (χ0) is 13.7. The van der Waals surface area contributed by atoms with Crippen molar-refractivity contribution in [3.05, 3.63) is 29.8 Å². The molecule has 2 aromatic heterocycles. The van der Waals surface area contributed by atoms with Crippen LogP contribution in [0.4, 0.5) is 5.13 Å². The van der Waals surface area contributed by atoms with Gasteiger partial charge in [-0.15, -0.1) is 0 Å². The minimum atomic E-state index is -1.04. The molecule has 0 saturated carbocycles. The highest BCUT2D eigenvalue weighted by molar-refractivity contribution is 7.16. The molecular formula is C10H9N5O3S. The summed E-state index contributed by atoms with van der Waals surface area (Å²) in [5, 5.41) is 15.3. The van der Waals surface area contributed by atoms with Crippen LogP contribution in [0.25, 0.3) is 6.08 Å². The summed E-state index contributed by atoms with van der Waals surface area (Å²) in [5.41, 5.74) is 0. The number of rotatable bonds is 5. The number of nitrogens with zero attached hydrogens (tertiary/aromatic N) is 4. The largest absolute Gasteiger partial charge is 0.478 e. The molecule has 2 heterocycles. The number of aliphatic carboxylic acids is 1. The third-order valence-corrected chi connectivity index (χ3v) is 2.81. The maximum absolute atomic E-state index is 11.6. The van der Waals surface area contributed by atoms with Crippen LogP contribution in [0.1, 0.15) is 4.88 Å². The molecule has 0 fully saturated rings. The monoisotopic (exact) mass is 279 g/mol. The van der Waals surface area contributed by atoms with Crippen LogP contribution >= 0.6 is 11.3 Å². The van der Waals surface area contributed by atoms with Crippen molar-refractivity contribution < 1.29 is 14.7 Å². The maximum atomic E-state index is 11.6. The lowest BCUT2D eigenvalue weighted by atomic mass is 10.4. The van der Waals surface area contributed by atoms with Crippen LogP contribution in [-0.2, 0) is 16.1 Å². The Morgan fingerprint density at radius 1 is 1.53 bits per heavy atom. The van der Waals surface area contributed by atoms with Crippen molar-refractivity contribution >= 4 is 34.4 Å². The van der Waals surface area contributed by atoms with E-state index < -0.39 is 5.97 Å². The van der Waals surface area contributed by atoms with Gasteiger partial charge in [0.25, 0.3) is 0 Å². The van der Waals surface area contributed by atoms with E-state index in [9.17, 15) is 9.59 Å². The van der Waals surface area contributed by atoms with E-state index in [1.807, 2.05) is 0 Å². The Labute approximate surface area is 111 Å². The number of carboxylic acid groups (broad SMARTS) is 1. The Bertz CT molecular complexity index is 604. The normalized spacial score (nSPS) is 10.7. The van der Waals surface area contributed by atoms with Gasteiger partial charge in [0.1, 0.15) is 19.2 Å². The van der Waals surface area contributed by atoms with Crippen molar-refractivity contribution in [2.75, 3.05) is 5.32 Å². The van der Waals surface area contributed by atoms with E-state index in [1.165, 1.54) is 40.9 Å². The number of hydrogen-bond donors (Lipinski definition) is 2. The molecule has 1 amide bonds. The molecule has 2 N–H and O–H groups in total. The van der Waals surface area contributed by atoms with Gasteiger partial charge in [0.15, 0.2) is 5.13 Å². The second-order valence-corrected chi connectivity index (χ2v) is 4.44. The number of carbonyl (C=O) groups is 2. The number of carboxylic acids is 1. The van der Waals surface area contributed by atoms with Gasteiger partial charge in [-0.25, -0.2) is 19.4 Å². The van der Waals surface area contributed by atoms with Gasteiger partial charge in [-0.05, 0) is 6.08 Å². The second-order valence-electron chi connectivity index (χ2n) is 3.38. The van der Waals surface area contributed by atoms with Crippen LogP contribution in [0, 0.1) is 0 Å². The minimum Gasteiger partial charge on any atom is -0.478 e. The molecule has 0 atom stereocenters. The molecule has 0 aliphatic heterocycles. The van der Waals surface area contributed by atoms with Crippen molar-refractivity contribution in [3.8, 4) is 0 Å². The van der Waals surface area contributed by atoms with Gasteiger partial charge in [0, 0.05) is 17.2 Å². The molecule has 19 heavy (non-hydrogen) atoms. The SMILES string of the molecule is O=C(O)C=Cc1cnc(NC(=O)Cn2cncn2)s1. The number of carbonyl (C=O) groups excluding carboxylic acids is 1. The molecule has 0 bridgehead atoms. The predicted molar refractivity (Wildman–Crippen MR) is 67.4 cm³/mol. The first-order chi connectivity index (χ1) is 9.13. The van der Waals surface area contributed by atoms with E-state index in [2.05, 4.69) is 20.4 Å². The quantitative estimate of drug-likeness (QED) is 0.770. The lowest BCUT2D eigenvalue weighted by molar-refractivity contribution is -0.131. The smallest absolute Gasteiger partial charge is 0.328 e. The lowest BCUT2D eigenvalue weighted by Crippen LogP contribution is -2.18. The number of amides is 1. The number of aromatic nitrogens is 4. The minimum absolute atomic E-state index is 0.0415. The molecule has 0 saturated heterocycles. The summed E-state index contributed by atoms with van der Waals surface area (Å²) in [6, 6.07) is 0. The van der Waals surface area contributed by atoms with Crippen molar-refractivity contribution in [1.29, 1.82) is 0 Å². The Morgan fingerprint density at radius 2 is 2.37 bits per heavy atom. The van der Waals surface area contributed by atoms with E-state index in [4.69, 9.17) is 5.11 Å². The van der Waals surface area contributed by atoms with Gasteiger partial charge < -0.3 is 10.4 Å². The van der Waals surface area contributed by atoms with E-state index in [-0.39, 0.29) is 12.5 Å². The van der Waals surface area contributed by atoms with Crippen molar-refractivity contribution in [2.24, 2.45) is 0 Å². The Balaban J connectivity index is 1.92. The molecule has 0 aliphatic carbocycles. The average Bonchev–Trinajstić information content (AvgIpc) is 2.98. The van der Waals surface area contributed by atoms with Gasteiger partial charge in [-0.3, -0.25) is 4.79 Å². The zero-order valence-corrected chi connectivity index (χ0v) is 10.4. The topological polar surface area (TPSA) is 110 Å². The first-order valence-electron chi connectivity index (χ1n) is 5.12. The summed E-state index contributed by atoms with van der Waals surface area (Å²) in [6.45, 7) is 0.0415. The molecule has 0 radical (unpaired) electrons. The summed E-state index contributed by atoms with van der Waals surface area (Å²) >= 11 is 1.18. The Hall–Kier alpha value is -2.55. The molecular weight excluding hydrogens is 270 g/mol. The fourth-order valence-electron chi connectivity index (χ4n) is 1.20. The molecule has 98 valence electrons. The van der Waals surface area contributed by atoms with Crippen LogP contribution in [-0.4, -0.2) is 36.7 Å². The number of hydrogen-bond acceptors (Lipinski definition) is 6. The zero-order valence-electron chi connectivity index (χ0n) is 9.55. The van der Waals surface area contributed by atoms with Crippen LogP contribution in [0.3, 0.4) is 0 Å². The highest BCUT2D eigenvalue weighted by Crippen LogP contribution is 2.19. The maximum Gasteiger partial charge on any atom is 0.328 e. The van der Waals surface area contributed by atoms with E-state index in [1.54, 1.807) is 0 Å². The van der Waals surface area contributed by atoms with Crippen molar-refractivity contribution in [3.63, 3.8) is 0 Å². The van der Waals surface area contributed by atoms with Gasteiger partial charge >= 0.3 is 5.97 Å². The molecule has 0 unspecified atom stereocenters. The molecule has 8 nitrogen and oxygen atoms in total. The van der Waals surface area contributed by atoms with Crippen molar-refractivity contribution in [2.45, 2.75) is 6.54 Å². The molecule has 0 spiro atoms. The van der Waals surface area contributed by atoms with Crippen LogP contribution < -0.4 is 5.32 Å². The summed E-state index contributed by atoms with van der Waals surface area (Å²) in [7, 11) is 0. The summed E-state index contributed by atoms with van der Waals surface area (Å²) < 4.78 is 1.38. The summed E-state index contributed by atoms with van der Waals surface area (Å²) in [4.78, 5) is 30.3. The van der Waals surface area contributed by atoms with Crippen molar-refractivity contribution in [1.82, 2.24) is 19.7 Å². The Kier molecular flexibility index (Phi) is 3.98. The highest BCUT2D eigenvalue weighted by Gasteiger charge is 2.07. The number of anilines is 1. The molecule has 9 heteroatoms. The summed E-state index contributed by atoms with van der Waals surface area (Å²) in [6.07, 6.45) is 6.67. The predicted octanol–water partition coefficient (Wildman–Crippen LogP) is 0.471. The van der Waals surface area contributed by atoms with Crippen LogP contribution in [0.5, 0.6) is 0 Å². The fraction of sp³-hybridized carbons (Fsp3) is 0.100. The Morgan fingerprint density at radius 3 is 3.05 bits per heavy atom. The second kappa shape index (κ2) is 5.87. The molecule has 0 aliphatic rings. The summed E-state index contributed by atoms with van der Waals surface area (Å²) in [5.74, 6) is -1.32. The number of nitrogens with one attached hydrogen (secondary N) is 1. The first-order valence-corrected chi connectivity index (χ1v) is 5.94. The third-order valence-electron chi connectivity index (χ3n) is 1.93. The van der Waals surface area contributed by atoms with E-state index in [0.29, 0.717) is 10.0 Å². The fourth-order valence-corrected chi connectivity index (χ4v) is 1.93. The third kappa shape index (κ3) is 4.00. The van der Waals surface area contributed by atoms with E-state index >= 15 is 0 Å². The standard InChI is InChI=1S/C10H9N5O3S/c16-8(4-15-6-11-5-13-15)14-10-12-3-7(19-10)1-2-9(17)18/h1-3,5-6H,4H2,(H,17,18)(H,12,14,16). The number of thiazole rings is 1. The highest BCUT2D eigenvalue weighted by atomic mass is 32.1. The van der Waals surface area contributed by atoms with Gasteiger partial charge in [0.05, 0.1) is 0 Å².